The van der Waals surface area contributed by atoms with Crippen LogP contribution in [0.25, 0.3) is 0 Å². The second-order valence-electron chi connectivity index (χ2n) is 15.9. The first-order valence-electron chi connectivity index (χ1n) is 19.6. The molecule has 0 aromatic carbocycles. The van der Waals surface area contributed by atoms with Crippen LogP contribution < -0.4 is 10.6 Å². The monoisotopic (exact) mass is 617 g/mol. The molecule has 0 bridgehead atoms. The van der Waals surface area contributed by atoms with E-state index in [-0.39, 0.29) is 0 Å². The first kappa shape index (κ1) is 30.9. The fourth-order valence-corrected chi connectivity index (χ4v) is 10.5. The number of rotatable bonds is 7. The van der Waals surface area contributed by atoms with Gasteiger partial charge in [-0.05, 0) is 151 Å². The Labute approximate surface area is 279 Å². The van der Waals surface area contributed by atoms with Gasteiger partial charge in [-0.3, -0.25) is 5.32 Å². The lowest BCUT2D eigenvalue weighted by molar-refractivity contribution is -0.0598. The zero-order valence-corrected chi connectivity index (χ0v) is 28.3. The van der Waals surface area contributed by atoms with Crippen LogP contribution in [-0.4, -0.2) is 29.3 Å². The van der Waals surface area contributed by atoms with Gasteiger partial charge in [-0.1, -0.05) is 78.0 Å². The molecule has 2 heterocycles. The van der Waals surface area contributed by atoms with Crippen molar-refractivity contribution < 1.29 is 0 Å². The van der Waals surface area contributed by atoms with Crippen molar-refractivity contribution in [2.24, 2.45) is 29.6 Å². The van der Waals surface area contributed by atoms with Crippen molar-refractivity contribution in [1.82, 2.24) is 15.5 Å². The lowest BCUT2D eigenvalue weighted by atomic mass is 9.70. The highest BCUT2D eigenvalue weighted by Crippen LogP contribution is 2.44. The SMILES string of the molecule is C1=CCCC(N2C(C3C=CCCC3)NC2C2CC=CC(C3=CC(C4CC(C5=CCCCC5)CC(C5=CCCC=C5)N4)CCC3)C2)=C1. The molecule has 9 unspecified atom stereocenters. The third kappa shape index (κ3) is 6.66. The van der Waals surface area contributed by atoms with E-state index in [4.69, 9.17) is 0 Å². The predicted molar refractivity (Wildman–Crippen MR) is 193 cm³/mol. The van der Waals surface area contributed by atoms with Gasteiger partial charge in [-0.2, -0.15) is 0 Å². The number of hydrogen-bond donors (Lipinski definition) is 2. The largest absolute Gasteiger partial charge is 0.343 e. The predicted octanol–water partition coefficient (Wildman–Crippen LogP) is 9.96. The van der Waals surface area contributed by atoms with Crippen LogP contribution in [0.5, 0.6) is 0 Å². The first-order chi connectivity index (χ1) is 22.8. The van der Waals surface area contributed by atoms with Gasteiger partial charge < -0.3 is 10.2 Å². The lowest BCUT2D eigenvalue weighted by Gasteiger charge is -2.58. The van der Waals surface area contributed by atoms with Crippen LogP contribution in [0.1, 0.15) is 116 Å². The molecule has 9 atom stereocenters. The topological polar surface area (TPSA) is 27.3 Å². The summed E-state index contributed by atoms with van der Waals surface area (Å²) < 4.78 is 0. The van der Waals surface area contributed by atoms with Crippen molar-refractivity contribution in [2.45, 2.75) is 140 Å². The minimum absolute atomic E-state index is 0.479. The van der Waals surface area contributed by atoms with Crippen molar-refractivity contribution in [2.75, 3.05) is 0 Å². The van der Waals surface area contributed by atoms with Crippen LogP contribution in [0.3, 0.4) is 0 Å². The molecule has 0 spiro atoms. The Morgan fingerprint density at radius 1 is 0.674 bits per heavy atom. The Kier molecular flexibility index (Phi) is 9.69. The van der Waals surface area contributed by atoms with Gasteiger partial charge in [0.2, 0.25) is 0 Å². The van der Waals surface area contributed by atoms with Gasteiger partial charge >= 0.3 is 0 Å². The maximum absolute atomic E-state index is 4.27. The molecule has 0 saturated carbocycles. The molecular weight excluding hydrogens is 558 g/mol. The molecule has 3 heteroatoms. The molecule has 46 heavy (non-hydrogen) atoms. The van der Waals surface area contributed by atoms with E-state index in [1.807, 2.05) is 0 Å². The number of hydrogen-bond acceptors (Lipinski definition) is 3. The second-order valence-corrected chi connectivity index (χ2v) is 15.9. The Balaban J connectivity index is 0.984. The summed E-state index contributed by atoms with van der Waals surface area (Å²) >= 11 is 0. The minimum Gasteiger partial charge on any atom is -0.343 e. The fourth-order valence-electron chi connectivity index (χ4n) is 10.5. The summed E-state index contributed by atoms with van der Waals surface area (Å²) in [7, 11) is 0. The van der Waals surface area contributed by atoms with Crippen molar-refractivity contribution in [3.8, 4) is 0 Å². The molecule has 246 valence electrons. The molecule has 8 rings (SSSR count). The standard InChI is InChI=1S/C43H59N3/c1-5-15-31(16-6-1)38-29-40(32-17-7-2-8-18-32)44-41(30-38)36-23-13-21-34(27-36)35-22-14-24-37(28-35)43-45-42(33-19-9-3-10-20-33)46(43)39-25-11-4-12-26-39/h4,7,9,11,14-15,17-19,22,25,27,33,35-38,40-45H,1-3,5-6,8,10,12-13,16,20-21,23-24,26,28-30H2. The molecule has 2 saturated heterocycles. The van der Waals surface area contributed by atoms with Gasteiger partial charge in [-0.25, -0.2) is 0 Å². The molecule has 0 radical (unpaired) electrons. The highest BCUT2D eigenvalue weighted by atomic mass is 15.5. The molecule has 0 aromatic heterocycles. The average molecular weight is 618 g/mol. The maximum atomic E-state index is 4.27. The molecule has 0 aromatic rings. The molecule has 8 aliphatic rings. The highest BCUT2D eigenvalue weighted by Gasteiger charge is 2.47. The normalized spacial score (nSPS) is 39.7. The van der Waals surface area contributed by atoms with E-state index < -0.39 is 0 Å². The number of nitrogens with zero attached hydrogens (tertiary/aromatic N) is 1. The van der Waals surface area contributed by atoms with Crippen molar-refractivity contribution >= 4 is 0 Å². The molecule has 2 N–H and O–H groups in total. The van der Waals surface area contributed by atoms with Crippen molar-refractivity contribution in [1.29, 1.82) is 0 Å². The van der Waals surface area contributed by atoms with Gasteiger partial charge in [0.05, 0.1) is 12.3 Å². The summed E-state index contributed by atoms with van der Waals surface area (Å²) in [4.78, 5) is 2.84. The van der Waals surface area contributed by atoms with E-state index in [1.165, 1.54) is 116 Å². The summed E-state index contributed by atoms with van der Waals surface area (Å²) in [6.07, 6.45) is 54.2. The fraction of sp³-hybridized carbons (Fsp3) is 0.628. The maximum Gasteiger partial charge on any atom is 0.0887 e. The van der Waals surface area contributed by atoms with Crippen LogP contribution in [0.15, 0.2) is 95.3 Å². The van der Waals surface area contributed by atoms with E-state index in [1.54, 1.807) is 22.4 Å². The van der Waals surface area contributed by atoms with Crippen LogP contribution in [0.2, 0.25) is 0 Å². The van der Waals surface area contributed by atoms with Gasteiger partial charge in [0.15, 0.2) is 0 Å². The zero-order chi connectivity index (χ0) is 30.7. The Morgan fingerprint density at radius 3 is 2.46 bits per heavy atom. The lowest BCUT2D eigenvalue weighted by Crippen LogP contribution is -2.73. The van der Waals surface area contributed by atoms with E-state index in [0.717, 1.165) is 5.92 Å². The van der Waals surface area contributed by atoms with E-state index >= 15 is 0 Å². The highest BCUT2D eigenvalue weighted by molar-refractivity contribution is 5.31. The Bertz CT molecular complexity index is 1340. The van der Waals surface area contributed by atoms with Crippen LogP contribution >= 0.6 is 0 Å². The van der Waals surface area contributed by atoms with Gasteiger partial charge in [-0.15, -0.1) is 0 Å². The molecule has 6 aliphatic carbocycles. The van der Waals surface area contributed by atoms with Crippen molar-refractivity contribution in [3.63, 3.8) is 0 Å². The number of nitrogens with one attached hydrogen (secondary N) is 2. The molecule has 2 fully saturated rings. The number of allylic oxidation sites excluding steroid dienone is 12. The minimum atomic E-state index is 0.479. The quantitative estimate of drug-likeness (QED) is 0.279. The summed E-state index contributed by atoms with van der Waals surface area (Å²) in [5, 5.41) is 8.42. The van der Waals surface area contributed by atoms with Crippen LogP contribution in [-0.2, 0) is 0 Å². The Morgan fingerprint density at radius 2 is 1.63 bits per heavy atom. The zero-order valence-electron chi connectivity index (χ0n) is 28.3. The summed E-state index contributed by atoms with van der Waals surface area (Å²) in [6, 6.07) is 1.12. The average Bonchev–Trinajstić information content (AvgIpc) is 3.13. The molecule has 2 aliphatic heterocycles. The van der Waals surface area contributed by atoms with E-state index in [2.05, 4.69) is 88.4 Å². The van der Waals surface area contributed by atoms with Gasteiger partial charge in [0, 0.05) is 23.7 Å². The Hall–Kier alpha value is -2.36. The smallest absolute Gasteiger partial charge is 0.0887 e. The first-order valence-corrected chi connectivity index (χ1v) is 19.6. The van der Waals surface area contributed by atoms with Crippen LogP contribution in [0, 0.1) is 29.6 Å². The van der Waals surface area contributed by atoms with E-state index in [0.29, 0.717) is 48.1 Å². The summed E-state index contributed by atoms with van der Waals surface area (Å²) in [5.41, 5.74) is 6.69. The van der Waals surface area contributed by atoms with Crippen LogP contribution in [0.4, 0.5) is 0 Å². The summed E-state index contributed by atoms with van der Waals surface area (Å²) in [6.45, 7) is 0. The summed E-state index contributed by atoms with van der Waals surface area (Å²) in [5.74, 6) is 3.36. The number of piperidine rings is 1. The molecule has 3 nitrogen and oxygen atoms in total. The second kappa shape index (κ2) is 14.4. The third-order valence-corrected chi connectivity index (χ3v) is 12.9. The third-order valence-electron chi connectivity index (χ3n) is 12.9. The van der Waals surface area contributed by atoms with Gasteiger partial charge in [0.25, 0.3) is 0 Å². The van der Waals surface area contributed by atoms with Gasteiger partial charge in [0.1, 0.15) is 0 Å². The molecular formula is C43H59N3. The van der Waals surface area contributed by atoms with E-state index in [9.17, 15) is 0 Å². The molecule has 0 amide bonds. The van der Waals surface area contributed by atoms with Crippen molar-refractivity contribution in [3.05, 3.63) is 95.3 Å².